The maximum absolute atomic E-state index is 13.4. The molecule has 0 amide bonds. The summed E-state index contributed by atoms with van der Waals surface area (Å²) in [5.41, 5.74) is -0.357. The summed E-state index contributed by atoms with van der Waals surface area (Å²) < 4.78 is 6.28. The van der Waals surface area contributed by atoms with Crippen LogP contribution in [0.2, 0.25) is 0 Å². The first-order valence-corrected chi connectivity index (χ1v) is 9.18. The van der Waals surface area contributed by atoms with Gasteiger partial charge in [0, 0.05) is 21.5 Å². The summed E-state index contributed by atoms with van der Waals surface area (Å²) in [6, 6.07) is 12.5. The number of esters is 1. The van der Waals surface area contributed by atoms with E-state index in [-0.39, 0.29) is 11.6 Å². The zero-order valence-corrected chi connectivity index (χ0v) is 16.2. The molecule has 132 valence electrons. The smallest absolute Gasteiger partial charge is 0.326 e. The third-order valence-corrected chi connectivity index (χ3v) is 6.39. The van der Waals surface area contributed by atoms with Crippen LogP contribution in [0.25, 0.3) is 0 Å². The molecule has 2 aromatic carbocycles. The van der Waals surface area contributed by atoms with Crippen molar-refractivity contribution in [1.82, 2.24) is 0 Å². The molecule has 0 bridgehead atoms. The molecule has 0 N–H and O–H groups in total. The topological polar surface area (TPSA) is 60.4 Å². The molecule has 5 heteroatoms. The van der Waals surface area contributed by atoms with Crippen molar-refractivity contribution in [3.8, 4) is 5.75 Å². The molecular formula is C21H17BrO4. The molecule has 0 spiro atoms. The molecule has 1 heterocycles. The first-order chi connectivity index (χ1) is 12.2. The zero-order chi connectivity index (χ0) is 18.9. The molecule has 4 nitrogen and oxygen atoms in total. The van der Waals surface area contributed by atoms with E-state index >= 15 is 0 Å². The second kappa shape index (κ2) is 5.36. The predicted molar refractivity (Wildman–Crippen MR) is 99.2 cm³/mol. The summed E-state index contributed by atoms with van der Waals surface area (Å²) >= 11 is 3.42. The van der Waals surface area contributed by atoms with Crippen molar-refractivity contribution in [3.05, 3.63) is 63.6 Å². The van der Waals surface area contributed by atoms with Crippen molar-refractivity contribution >= 4 is 33.5 Å². The Kier molecular flexibility index (Phi) is 3.54. The Bertz CT molecular complexity index is 978. The molecule has 1 saturated carbocycles. The highest BCUT2D eigenvalue weighted by molar-refractivity contribution is 9.10. The molecule has 1 aliphatic carbocycles. The van der Waals surface area contributed by atoms with Crippen molar-refractivity contribution < 1.29 is 19.1 Å². The van der Waals surface area contributed by atoms with E-state index in [0.717, 1.165) is 15.6 Å². The third-order valence-electron chi connectivity index (χ3n) is 5.89. The number of benzene rings is 2. The van der Waals surface area contributed by atoms with Crippen LogP contribution < -0.4 is 4.74 Å². The number of fused-ring (bicyclic) bond motifs is 3. The Morgan fingerprint density at radius 1 is 1.12 bits per heavy atom. The highest BCUT2D eigenvalue weighted by atomic mass is 79.9. The lowest BCUT2D eigenvalue weighted by Crippen LogP contribution is -2.37. The number of carbonyl (C=O) groups is 3. The molecule has 2 aliphatic rings. The standard InChI is InChI=1S/C21H17BrO4/c1-11-4-6-13(7-5-11)18(24)20(3)17-15-10-14(22)8-9-16(15)26-19(25)21(17,20)12(2)23/h4-10,17H,1-3H3. The van der Waals surface area contributed by atoms with Crippen LogP contribution in [0.1, 0.15) is 41.3 Å². The van der Waals surface area contributed by atoms with Crippen LogP contribution in [0.3, 0.4) is 0 Å². The van der Waals surface area contributed by atoms with Gasteiger partial charge in [0.2, 0.25) is 0 Å². The minimum absolute atomic E-state index is 0.206. The van der Waals surface area contributed by atoms with Crippen molar-refractivity contribution in [2.24, 2.45) is 10.8 Å². The number of ether oxygens (including phenoxy) is 1. The van der Waals surface area contributed by atoms with E-state index in [1.54, 1.807) is 31.2 Å². The van der Waals surface area contributed by atoms with Crippen LogP contribution in [0, 0.1) is 17.8 Å². The molecule has 26 heavy (non-hydrogen) atoms. The van der Waals surface area contributed by atoms with Gasteiger partial charge in [0.25, 0.3) is 0 Å². The minimum Gasteiger partial charge on any atom is -0.425 e. The monoisotopic (exact) mass is 412 g/mol. The zero-order valence-electron chi connectivity index (χ0n) is 14.6. The summed E-state index contributed by atoms with van der Waals surface area (Å²) in [6.07, 6.45) is 0. The van der Waals surface area contributed by atoms with E-state index in [2.05, 4.69) is 15.9 Å². The molecule has 0 radical (unpaired) electrons. The summed E-state index contributed by atoms with van der Waals surface area (Å²) in [5.74, 6) is -1.27. The molecule has 1 aliphatic heterocycles. The second-order valence-corrected chi connectivity index (χ2v) is 8.18. The van der Waals surface area contributed by atoms with Crippen molar-refractivity contribution in [3.63, 3.8) is 0 Å². The second-order valence-electron chi connectivity index (χ2n) is 7.27. The fourth-order valence-corrected chi connectivity index (χ4v) is 4.92. The Labute approximate surface area is 159 Å². The average Bonchev–Trinajstić information content (AvgIpc) is 3.20. The number of halogens is 1. The van der Waals surface area contributed by atoms with Gasteiger partial charge in [-0.2, -0.15) is 0 Å². The van der Waals surface area contributed by atoms with Gasteiger partial charge in [-0.15, -0.1) is 0 Å². The fraction of sp³-hybridized carbons (Fsp3) is 0.286. The molecule has 3 unspecified atom stereocenters. The molecule has 2 aromatic rings. The van der Waals surface area contributed by atoms with Gasteiger partial charge in [-0.1, -0.05) is 52.7 Å². The van der Waals surface area contributed by atoms with Crippen LogP contribution in [-0.2, 0) is 9.59 Å². The minimum atomic E-state index is -1.46. The number of rotatable bonds is 3. The van der Waals surface area contributed by atoms with Gasteiger partial charge in [0.1, 0.15) is 16.9 Å². The lowest BCUT2D eigenvalue weighted by atomic mass is 9.84. The Hall–Kier alpha value is -2.27. The van der Waals surface area contributed by atoms with Crippen LogP contribution in [0.4, 0.5) is 0 Å². The van der Waals surface area contributed by atoms with Gasteiger partial charge in [-0.05, 0) is 32.0 Å². The summed E-state index contributed by atoms with van der Waals surface area (Å²) in [4.78, 5) is 38.8. The van der Waals surface area contributed by atoms with E-state index in [0.29, 0.717) is 11.3 Å². The number of hydrogen-bond donors (Lipinski definition) is 0. The lowest BCUT2D eigenvalue weighted by molar-refractivity contribution is -0.147. The Balaban J connectivity index is 1.91. The first-order valence-electron chi connectivity index (χ1n) is 8.39. The van der Waals surface area contributed by atoms with Crippen LogP contribution in [0.5, 0.6) is 5.75 Å². The summed E-state index contributed by atoms with van der Waals surface area (Å²) in [7, 11) is 0. The predicted octanol–water partition coefficient (Wildman–Crippen LogP) is 4.24. The molecule has 0 aromatic heterocycles. The Morgan fingerprint density at radius 2 is 1.77 bits per heavy atom. The summed E-state index contributed by atoms with van der Waals surface area (Å²) in [5, 5.41) is 0. The fourth-order valence-electron chi connectivity index (χ4n) is 4.54. The SMILES string of the molecule is CC(=O)C12C(=O)Oc3ccc(Br)cc3C1C2(C)C(=O)c1ccc(C)cc1. The van der Waals surface area contributed by atoms with Gasteiger partial charge in [-0.25, -0.2) is 0 Å². The maximum Gasteiger partial charge on any atom is 0.326 e. The molecule has 3 atom stereocenters. The third kappa shape index (κ3) is 1.92. The van der Waals surface area contributed by atoms with Crippen LogP contribution >= 0.6 is 15.9 Å². The number of Topliss-reactive ketones (excluding diaryl/α,β-unsaturated/α-hetero) is 2. The highest BCUT2D eigenvalue weighted by Crippen LogP contribution is 2.78. The summed E-state index contributed by atoms with van der Waals surface area (Å²) in [6.45, 7) is 5.01. The Morgan fingerprint density at radius 3 is 2.38 bits per heavy atom. The van der Waals surface area contributed by atoms with E-state index in [9.17, 15) is 14.4 Å². The number of carbonyl (C=O) groups excluding carboxylic acids is 3. The van der Waals surface area contributed by atoms with E-state index < -0.39 is 22.7 Å². The lowest BCUT2D eigenvalue weighted by Gasteiger charge is -2.21. The van der Waals surface area contributed by atoms with Crippen molar-refractivity contribution in [2.45, 2.75) is 26.7 Å². The van der Waals surface area contributed by atoms with Crippen LogP contribution in [-0.4, -0.2) is 17.5 Å². The molecular weight excluding hydrogens is 396 g/mol. The molecule has 1 fully saturated rings. The van der Waals surface area contributed by atoms with Gasteiger partial charge >= 0.3 is 5.97 Å². The quantitative estimate of drug-likeness (QED) is 0.327. The average molecular weight is 413 g/mol. The van der Waals surface area contributed by atoms with E-state index in [1.807, 2.05) is 25.1 Å². The van der Waals surface area contributed by atoms with E-state index in [1.165, 1.54) is 6.92 Å². The molecule has 0 saturated heterocycles. The largest absolute Gasteiger partial charge is 0.425 e. The number of hydrogen-bond acceptors (Lipinski definition) is 4. The number of aryl methyl sites for hydroxylation is 1. The maximum atomic E-state index is 13.4. The highest BCUT2D eigenvalue weighted by Gasteiger charge is 2.86. The van der Waals surface area contributed by atoms with Crippen molar-refractivity contribution in [2.75, 3.05) is 0 Å². The van der Waals surface area contributed by atoms with Crippen molar-refractivity contribution in [1.29, 1.82) is 0 Å². The normalized spacial score (nSPS) is 28.6. The number of ketones is 2. The first kappa shape index (κ1) is 17.2. The van der Waals surface area contributed by atoms with Gasteiger partial charge < -0.3 is 4.74 Å². The van der Waals surface area contributed by atoms with Crippen LogP contribution in [0.15, 0.2) is 46.9 Å². The molecule has 4 rings (SSSR count). The van der Waals surface area contributed by atoms with Gasteiger partial charge in [0.05, 0.1) is 5.41 Å². The van der Waals surface area contributed by atoms with E-state index in [4.69, 9.17) is 4.74 Å². The van der Waals surface area contributed by atoms with Gasteiger partial charge in [-0.3, -0.25) is 14.4 Å². The van der Waals surface area contributed by atoms with Gasteiger partial charge in [0.15, 0.2) is 5.78 Å².